The van der Waals surface area contributed by atoms with Crippen LogP contribution in [-0.4, -0.2) is 11.6 Å². The molecule has 0 aromatic heterocycles. The standard InChI is InChI=1S/C17H19ClN2O/c1-17(2,12-13-6-4-3-5-7-13)20-16(21)19-15-10-8-14(18)9-11-15/h3-11H,12H2,1-2H3,(H2,19,20,21). The van der Waals surface area contributed by atoms with Gasteiger partial charge in [0.2, 0.25) is 0 Å². The normalized spacial score (nSPS) is 11.0. The monoisotopic (exact) mass is 302 g/mol. The number of nitrogens with one attached hydrogen (secondary N) is 2. The van der Waals surface area contributed by atoms with Crippen molar-refractivity contribution < 1.29 is 4.79 Å². The second-order valence-corrected chi connectivity index (χ2v) is 6.07. The molecular formula is C17H19ClN2O. The minimum Gasteiger partial charge on any atom is -0.333 e. The van der Waals surface area contributed by atoms with Gasteiger partial charge in [-0.15, -0.1) is 0 Å². The van der Waals surface area contributed by atoms with Gasteiger partial charge in [0, 0.05) is 16.2 Å². The molecule has 0 spiro atoms. The summed E-state index contributed by atoms with van der Waals surface area (Å²) in [5.74, 6) is 0. The van der Waals surface area contributed by atoms with Crippen LogP contribution in [0.5, 0.6) is 0 Å². The summed E-state index contributed by atoms with van der Waals surface area (Å²) in [7, 11) is 0. The van der Waals surface area contributed by atoms with Gasteiger partial charge < -0.3 is 10.6 Å². The third-order valence-corrected chi connectivity index (χ3v) is 3.29. The second kappa shape index (κ2) is 6.64. The maximum Gasteiger partial charge on any atom is 0.319 e. The molecule has 0 aliphatic rings. The van der Waals surface area contributed by atoms with Crippen LogP contribution in [0, 0.1) is 0 Å². The Hall–Kier alpha value is -2.00. The van der Waals surface area contributed by atoms with Gasteiger partial charge >= 0.3 is 6.03 Å². The van der Waals surface area contributed by atoms with Crippen molar-refractivity contribution in [3.8, 4) is 0 Å². The van der Waals surface area contributed by atoms with Crippen LogP contribution in [0.15, 0.2) is 54.6 Å². The molecule has 0 aliphatic carbocycles. The lowest BCUT2D eigenvalue weighted by Crippen LogP contribution is -2.47. The summed E-state index contributed by atoms with van der Waals surface area (Å²) >= 11 is 5.82. The van der Waals surface area contributed by atoms with Gasteiger partial charge in [0.05, 0.1) is 0 Å². The average molecular weight is 303 g/mol. The summed E-state index contributed by atoms with van der Waals surface area (Å²) < 4.78 is 0. The van der Waals surface area contributed by atoms with Crippen LogP contribution < -0.4 is 10.6 Å². The summed E-state index contributed by atoms with van der Waals surface area (Å²) in [4.78, 5) is 12.0. The smallest absolute Gasteiger partial charge is 0.319 e. The topological polar surface area (TPSA) is 41.1 Å². The van der Waals surface area contributed by atoms with Gasteiger partial charge in [0.25, 0.3) is 0 Å². The zero-order valence-electron chi connectivity index (χ0n) is 12.2. The third-order valence-electron chi connectivity index (χ3n) is 3.04. The van der Waals surface area contributed by atoms with Crippen LogP contribution in [0.1, 0.15) is 19.4 Å². The molecule has 2 aromatic carbocycles. The van der Waals surface area contributed by atoms with Gasteiger partial charge in [-0.25, -0.2) is 4.79 Å². The van der Waals surface area contributed by atoms with Crippen LogP contribution in [-0.2, 0) is 6.42 Å². The first-order chi connectivity index (χ1) is 9.94. The first-order valence-electron chi connectivity index (χ1n) is 6.83. The van der Waals surface area contributed by atoms with E-state index in [-0.39, 0.29) is 11.6 Å². The van der Waals surface area contributed by atoms with E-state index in [2.05, 4.69) is 22.8 Å². The van der Waals surface area contributed by atoms with Crippen LogP contribution in [0.25, 0.3) is 0 Å². The van der Waals surface area contributed by atoms with Gasteiger partial charge in [-0.3, -0.25) is 0 Å². The lowest BCUT2D eigenvalue weighted by molar-refractivity contribution is 0.241. The Balaban J connectivity index is 1.93. The summed E-state index contributed by atoms with van der Waals surface area (Å²) in [5, 5.41) is 6.43. The second-order valence-electron chi connectivity index (χ2n) is 5.63. The first kappa shape index (κ1) is 15.4. The van der Waals surface area contributed by atoms with Gasteiger partial charge in [0.15, 0.2) is 0 Å². The lowest BCUT2D eigenvalue weighted by atomic mass is 9.95. The first-order valence-corrected chi connectivity index (χ1v) is 7.21. The minimum atomic E-state index is -0.335. The number of halogens is 1. The van der Waals surface area contributed by atoms with Crippen molar-refractivity contribution in [3.05, 3.63) is 65.2 Å². The van der Waals surface area contributed by atoms with Crippen LogP contribution in [0.2, 0.25) is 5.02 Å². The molecule has 0 unspecified atom stereocenters. The molecule has 0 bridgehead atoms. The molecular weight excluding hydrogens is 284 g/mol. The number of urea groups is 1. The molecule has 2 amide bonds. The van der Waals surface area contributed by atoms with E-state index < -0.39 is 0 Å². The van der Waals surface area contributed by atoms with Gasteiger partial charge in [-0.2, -0.15) is 0 Å². The fraction of sp³-hybridized carbons (Fsp3) is 0.235. The number of benzene rings is 2. The van der Waals surface area contributed by atoms with Crippen LogP contribution in [0.4, 0.5) is 10.5 Å². The Labute approximate surface area is 130 Å². The van der Waals surface area contributed by atoms with Crippen molar-refractivity contribution >= 4 is 23.3 Å². The summed E-state index contributed by atoms with van der Waals surface area (Å²) in [6.45, 7) is 4.00. The quantitative estimate of drug-likeness (QED) is 0.859. The molecule has 3 nitrogen and oxygen atoms in total. The highest BCUT2D eigenvalue weighted by atomic mass is 35.5. The van der Waals surface area contributed by atoms with E-state index in [1.807, 2.05) is 32.0 Å². The maximum atomic E-state index is 12.0. The Morgan fingerprint density at radius 2 is 1.67 bits per heavy atom. The molecule has 110 valence electrons. The van der Waals surface area contributed by atoms with E-state index in [9.17, 15) is 4.79 Å². The molecule has 2 rings (SSSR count). The predicted octanol–water partition coefficient (Wildman–Crippen LogP) is 4.48. The average Bonchev–Trinajstić information content (AvgIpc) is 2.41. The number of amides is 2. The number of hydrogen-bond donors (Lipinski definition) is 2. The highest BCUT2D eigenvalue weighted by molar-refractivity contribution is 6.30. The van der Waals surface area contributed by atoms with E-state index >= 15 is 0 Å². The van der Waals surface area contributed by atoms with Gasteiger partial charge in [0.1, 0.15) is 0 Å². The zero-order chi connectivity index (χ0) is 15.3. The van der Waals surface area contributed by atoms with Crippen molar-refractivity contribution in [3.63, 3.8) is 0 Å². The molecule has 0 radical (unpaired) electrons. The molecule has 0 saturated carbocycles. The predicted molar refractivity (Wildman–Crippen MR) is 87.8 cm³/mol. The Morgan fingerprint density at radius 3 is 2.29 bits per heavy atom. The highest BCUT2D eigenvalue weighted by Gasteiger charge is 2.20. The fourth-order valence-corrected chi connectivity index (χ4v) is 2.28. The fourth-order valence-electron chi connectivity index (χ4n) is 2.15. The maximum absolute atomic E-state index is 12.0. The molecule has 2 aromatic rings. The molecule has 0 saturated heterocycles. The molecule has 0 atom stereocenters. The largest absolute Gasteiger partial charge is 0.333 e. The molecule has 4 heteroatoms. The number of anilines is 1. The van der Waals surface area contributed by atoms with E-state index in [4.69, 9.17) is 11.6 Å². The number of carbonyl (C=O) groups excluding carboxylic acids is 1. The van der Waals surface area contributed by atoms with Crippen molar-refractivity contribution in [2.75, 3.05) is 5.32 Å². The number of rotatable bonds is 4. The summed E-state index contributed by atoms with van der Waals surface area (Å²) in [5.41, 5.74) is 1.57. The molecule has 0 heterocycles. The Bertz CT molecular complexity index is 594. The minimum absolute atomic E-state index is 0.224. The number of hydrogen-bond acceptors (Lipinski definition) is 1. The zero-order valence-corrected chi connectivity index (χ0v) is 12.9. The van der Waals surface area contributed by atoms with Crippen LogP contribution >= 0.6 is 11.6 Å². The third kappa shape index (κ3) is 5.12. The Kier molecular flexibility index (Phi) is 4.86. The van der Waals surface area contributed by atoms with Crippen molar-refractivity contribution in [2.24, 2.45) is 0 Å². The molecule has 0 fully saturated rings. The van der Waals surface area contributed by atoms with E-state index in [1.54, 1.807) is 24.3 Å². The van der Waals surface area contributed by atoms with Crippen molar-refractivity contribution in [2.45, 2.75) is 25.8 Å². The van der Waals surface area contributed by atoms with E-state index in [0.29, 0.717) is 10.7 Å². The summed E-state index contributed by atoms with van der Waals surface area (Å²) in [6, 6.07) is 16.9. The Morgan fingerprint density at radius 1 is 1.05 bits per heavy atom. The van der Waals surface area contributed by atoms with E-state index in [1.165, 1.54) is 5.56 Å². The lowest BCUT2D eigenvalue weighted by Gasteiger charge is -2.26. The highest BCUT2D eigenvalue weighted by Crippen LogP contribution is 2.15. The van der Waals surface area contributed by atoms with Crippen molar-refractivity contribution in [1.82, 2.24) is 5.32 Å². The SMILES string of the molecule is CC(C)(Cc1ccccc1)NC(=O)Nc1ccc(Cl)cc1. The van der Waals surface area contributed by atoms with E-state index in [0.717, 1.165) is 6.42 Å². The van der Waals surface area contributed by atoms with Crippen LogP contribution in [0.3, 0.4) is 0 Å². The van der Waals surface area contributed by atoms with Crippen molar-refractivity contribution in [1.29, 1.82) is 0 Å². The van der Waals surface area contributed by atoms with Gasteiger partial charge in [-0.05, 0) is 50.1 Å². The molecule has 21 heavy (non-hydrogen) atoms. The van der Waals surface area contributed by atoms with Gasteiger partial charge in [-0.1, -0.05) is 41.9 Å². The molecule has 0 aliphatic heterocycles. The summed E-state index contributed by atoms with van der Waals surface area (Å²) in [6.07, 6.45) is 0.766. The molecule has 2 N–H and O–H groups in total. The number of carbonyl (C=O) groups is 1.